The molecule has 5 rings (SSSR count). The zero-order valence-electron chi connectivity index (χ0n) is 17.7. The number of hydrogen-bond donors (Lipinski definition) is 1. The van der Waals surface area contributed by atoms with Crippen molar-refractivity contribution in [3.8, 4) is 0 Å². The summed E-state index contributed by atoms with van der Waals surface area (Å²) in [6.07, 6.45) is 13.0. The summed E-state index contributed by atoms with van der Waals surface area (Å²) < 4.78 is 3.53. The van der Waals surface area contributed by atoms with Crippen molar-refractivity contribution in [2.24, 2.45) is 0 Å². The van der Waals surface area contributed by atoms with Gasteiger partial charge in [-0.15, -0.1) is 0 Å². The number of nitrogens with one attached hydrogen (secondary N) is 1. The molecule has 1 aliphatic heterocycles. The van der Waals surface area contributed by atoms with Gasteiger partial charge in [-0.05, 0) is 79.5 Å². The van der Waals surface area contributed by atoms with Crippen LogP contribution in [-0.2, 0) is 0 Å². The Morgan fingerprint density at radius 1 is 1.10 bits per heavy atom. The monoisotopic (exact) mass is 494 g/mol. The van der Waals surface area contributed by atoms with E-state index in [-0.39, 0.29) is 12.1 Å². The van der Waals surface area contributed by atoms with Gasteiger partial charge in [0.25, 0.3) is 0 Å². The molecular formula is C25H27BrN4S. The van der Waals surface area contributed by atoms with Crippen LogP contribution in [0, 0.1) is 6.92 Å². The van der Waals surface area contributed by atoms with Crippen molar-refractivity contribution in [2.75, 3.05) is 4.90 Å². The van der Waals surface area contributed by atoms with Gasteiger partial charge in [-0.3, -0.25) is 4.98 Å². The first-order valence-corrected chi connectivity index (χ1v) is 12.3. The normalized spacial score (nSPS) is 22.0. The molecule has 1 N–H and O–H groups in total. The highest BCUT2D eigenvalue weighted by Gasteiger charge is 2.41. The van der Waals surface area contributed by atoms with Crippen LogP contribution in [0.15, 0.2) is 65.5 Å². The molecule has 1 saturated heterocycles. The lowest BCUT2D eigenvalue weighted by Gasteiger charge is -2.28. The number of nitrogens with zero attached hydrogens (tertiary/aromatic N) is 3. The third-order valence-electron chi connectivity index (χ3n) is 6.59. The van der Waals surface area contributed by atoms with Crippen LogP contribution in [-0.4, -0.2) is 14.7 Å². The molecule has 0 amide bonds. The van der Waals surface area contributed by atoms with Crippen LogP contribution in [0.5, 0.6) is 0 Å². The van der Waals surface area contributed by atoms with Crippen LogP contribution in [0.4, 0.5) is 5.69 Å². The summed E-state index contributed by atoms with van der Waals surface area (Å²) in [6.45, 7) is 2.12. The predicted octanol–water partition coefficient (Wildman–Crippen LogP) is 6.64. The summed E-state index contributed by atoms with van der Waals surface area (Å²) >= 11 is 9.48. The third kappa shape index (κ3) is 4.03. The average molecular weight is 495 g/mol. The molecule has 3 aromatic rings. The number of benzene rings is 1. The first kappa shape index (κ1) is 20.7. The Labute approximate surface area is 197 Å². The molecule has 3 heterocycles. The van der Waals surface area contributed by atoms with Gasteiger partial charge in [0.1, 0.15) is 0 Å². The second-order valence-corrected chi connectivity index (χ2v) is 9.86. The maximum atomic E-state index is 5.85. The van der Waals surface area contributed by atoms with Gasteiger partial charge in [0.2, 0.25) is 0 Å². The van der Waals surface area contributed by atoms with Crippen LogP contribution in [0.3, 0.4) is 0 Å². The fraction of sp³-hybridized carbons (Fsp3) is 0.360. The highest BCUT2D eigenvalue weighted by molar-refractivity contribution is 9.10. The Morgan fingerprint density at radius 3 is 2.68 bits per heavy atom. The molecule has 31 heavy (non-hydrogen) atoms. The van der Waals surface area contributed by atoms with Gasteiger partial charge in [0.05, 0.1) is 17.8 Å². The Morgan fingerprint density at radius 2 is 1.94 bits per heavy atom. The van der Waals surface area contributed by atoms with E-state index >= 15 is 0 Å². The van der Waals surface area contributed by atoms with Crippen LogP contribution in [0.2, 0.25) is 0 Å². The van der Waals surface area contributed by atoms with E-state index in [1.54, 1.807) is 0 Å². The van der Waals surface area contributed by atoms with E-state index in [1.807, 2.05) is 18.3 Å². The maximum absolute atomic E-state index is 5.85. The summed E-state index contributed by atoms with van der Waals surface area (Å²) in [5, 5.41) is 4.31. The molecule has 160 valence electrons. The fourth-order valence-electron chi connectivity index (χ4n) is 4.96. The van der Waals surface area contributed by atoms with E-state index in [0.29, 0.717) is 6.04 Å². The largest absolute Gasteiger partial charge is 0.351 e. The summed E-state index contributed by atoms with van der Waals surface area (Å²) in [5.41, 5.74) is 4.58. The lowest BCUT2D eigenvalue weighted by molar-refractivity contribution is 0.353. The number of aromatic nitrogens is 2. The van der Waals surface area contributed by atoms with Gasteiger partial charge in [0, 0.05) is 34.8 Å². The quantitative estimate of drug-likeness (QED) is 0.412. The Balaban J connectivity index is 1.56. The van der Waals surface area contributed by atoms with Gasteiger partial charge in [0.15, 0.2) is 5.11 Å². The molecule has 0 spiro atoms. The van der Waals surface area contributed by atoms with E-state index in [0.717, 1.165) is 21.0 Å². The first-order chi connectivity index (χ1) is 15.1. The molecule has 2 atom stereocenters. The van der Waals surface area contributed by atoms with Crippen molar-refractivity contribution in [3.05, 3.63) is 82.3 Å². The smallest absolute Gasteiger partial charge is 0.174 e. The second-order valence-electron chi connectivity index (χ2n) is 8.61. The van der Waals surface area contributed by atoms with Crippen molar-refractivity contribution in [1.82, 2.24) is 14.9 Å². The summed E-state index contributed by atoms with van der Waals surface area (Å²) in [7, 11) is 0. The minimum Gasteiger partial charge on any atom is -0.351 e. The summed E-state index contributed by atoms with van der Waals surface area (Å²) in [5.74, 6) is 0. The zero-order valence-corrected chi connectivity index (χ0v) is 20.1. The van der Waals surface area contributed by atoms with Gasteiger partial charge in [-0.1, -0.05) is 41.3 Å². The summed E-state index contributed by atoms with van der Waals surface area (Å²) in [4.78, 5) is 6.92. The molecule has 1 aliphatic carbocycles. The molecule has 2 aliphatic rings. The number of aryl methyl sites for hydroxylation is 1. The minimum absolute atomic E-state index is 0.000131. The number of pyridine rings is 1. The van der Waals surface area contributed by atoms with Crippen molar-refractivity contribution in [3.63, 3.8) is 0 Å². The topological polar surface area (TPSA) is 33.1 Å². The molecule has 1 aromatic carbocycles. The Hall–Kier alpha value is -2.18. The van der Waals surface area contributed by atoms with Gasteiger partial charge in [-0.2, -0.15) is 0 Å². The molecule has 1 saturated carbocycles. The van der Waals surface area contributed by atoms with Crippen LogP contribution < -0.4 is 10.2 Å². The number of thiocarbonyl (C=S) groups is 1. The lowest BCUT2D eigenvalue weighted by atomic mass is 9.95. The molecule has 6 heteroatoms. The standard InChI is InChI=1S/C25H27BrN4S/c1-17-15-20(10-11-21(17)26)30-24(23(28-25(30)31)22-9-5-6-13-27-22)18-12-14-29(16-18)19-7-3-2-4-8-19/h5-6,9-16,19,23-24H,2-4,7-8H2,1H3,(H,28,31)/t23-,24-/m0/s1. The molecule has 0 radical (unpaired) electrons. The van der Waals surface area contributed by atoms with Crippen molar-refractivity contribution < 1.29 is 0 Å². The predicted molar refractivity (Wildman–Crippen MR) is 133 cm³/mol. The van der Waals surface area contributed by atoms with Gasteiger partial charge < -0.3 is 14.8 Å². The molecular weight excluding hydrogens is 468 g/mol. The zero-order chi connectivity index (χ0) is 21.4. The minimum atomic E-state index is -0.000131. The van der Waals surface area contributed by atoms with E-state index in [2.05, 4.69) is 85.3 Å². The third-order valence-corrected chi connectivity index (χ3v) is 7.80. The average Bonchev–Trinajstić information content (AvgIpc) is 3.41. The van der Waals surface area contributed by atoms with Crippen molar-refractivity contribution in [2.45, 2.75) is 57.2 Å². The van der Waals surface area contributed by atoms with E-state index < -0.39 is 0 Å². The second kappa shape index (κ2) is 8.75. The fourth-order valence-corrected chi connectivity index (χ4v) is 5.55. The van der Waals surface area contributed by atoms with E-state index in [9.17, 15) is 0 Å². The van der Waals surface area contributed by atoms with Gasteiger partial charge in [-0.25, -0.2) is 0 Å². The molecule has 4 nitrogen and oxygen atoms in total. The first-order valence-electron chi connectivity index (χ1n) is 11.1. The van der Waals surface area contributed by atoms with Crippen LogP contribution in [0.25, 0.3) is 0 Å². The lowest BCUT2D eigenvalue weighted by Crippen LogP contribution is -2.29. The summed E-state index contributed by atoms with van der Waals surface area (Å²) in [6, 6.07) is 15.5. The maximum Gasteiger partial charge on any atom is 0.174 e. The Bertz CT molecular complexity index is 1070. The van der Waals surface area contributed by atoms with Crippen molar-refractivity contribution in [1.29, 1.82) is 0 Å². The van der Waals surface area contributed by atoms with E-state index in [4.69, 9.17) is 12.2 Å². The van der Waals surface area contributed by atoms with Gasteiger partial charge >= 0.3 is 0 Å². The number of halogens is 1. The number of hydrogen-bond acceptors (Lipinski definition) is 2. The number of anilines is 1. The molecule has 2 fully saturated rings. The highest BCUT2D eigenvalue weighted by atomic mass is 79.9. The molecule has 0 unspecified atom stereocenters. The SMILES string of the molecule is Cc1cc(N2C(=S)N[C@@H](c3ccccn3)[C@@H]2c2ccn(C3CCCCC3)c2)ccc1Br. The Kier molecular flexibility index (Phi) is 5.85. The number of rotatable bonds is 4. The van der Waals surface area contributed by atoms with Crippen molar-refractivity contribution >= 4 is 38.9 Å². The van der Waals surface area contributed by atoms with Crippen LogP contribution in [0.1, 0.15) is 67.1 Å². The molecule has 2 aromatic heterocycles. The van der Waals surface area contributed by atoms with Crippen LogP contribution >= 0.6 is 28.1 Å². The van der Waals surface area contributed by atoms with E-state index in [1.165, 1.54) is 43.2 Å². The molecule has 0 bridgehead atoms. The highest BCUT2D eigenvalue weighted by Crippen LogP contribution is 2.42.